The van der Waals surface area contributed by atoms with E-state index in [4.69, 9.17) is 14.5 Å². The van der Waals surface area contributed by atoms with Gasteiger partial charge in [-0.2, -0.15) is 5.10 Å². The molecule has 1 atom stereocenters. The number of hydrogen-bond donors (Lipinski definition) is 1. The molecule has 2 aromatic carbocycles. The average Bonchev–Trinajstić information content (AvgIpc) is 3.48. The minimum Gasteiger partial charge on any atom is -0.493 e. The number of hydrogen-bond acceptors (Lipinski definition) is 5. The second-order valence-corrected chi connectivity index (χ2v) is 6.65. The summed E-state index contributed by atoms with van der Waals surface area (Å²) in [6.45, 7) is 0. The molecule has 2 heterocycles. The summed E-state index contributed by atoms with van der Waals surface area (Å²) in [4.78, 5) is 12.1. The number of ether oxygens (including phenoxy) is 2. The van der Waals surface area contributed by atoms with Crippen LogP contribution < -0.4 is 9.47 Å². The fourth-order valence-corrected chi connectivity index (χ4v) is 3.40. The third-order valence-corrected chi connectivity index (χ3v) is 4.83. The van der Waals surface area contributed by atoms with Crippen molar-refractivity contribution in [2.75, 3.05) is 7.11 Å². The van der Waals surface area contributed by atoms with Gasteiger partial charge in [-0.1, -0.05) is 6.08 Å². The lowest BCUT2D eigenvalue weighted by Crippen LogP contribution is -2.10. The summed E-state index contributed by atoms with van der Waals surface area (Å²) in [5.74, 6) is 2.22. The zero-order valence-corrected chi connectivity index (χ0v) is 15.4. The topological polar surface area (TPSA) is 77.9 Å². The quantitative estimate of drug-likeness (QED) is 0.537. The Labute approximate surface area is 161 Å². The van der Waals surface area contributed by atoms with E-state index < -0.39 is 0 Å². The Morgan fingerprint density at radius 1 is 1.14 bits per heavy atom. The van der Waals surface area contributed by atoms with Crippen molar-refractivity contribution in [1.82, 2.24) is 24.7 Å². The van der Waals surface area contributed by atoms with Crippen molar-refractivity contribution < 1.29 is 9.47 Å². The summed E-state index contributed by atoms with van der Waals surface area (Å²) < 4.78 is 13.3. The lowest BCUT2D eigenvalue weighted by molar-refractivity contribution is 0.236. The fourth-order valence-electron chi connectivity index (χ4n) is 3.40. The zero-order valence-electron chi connectivity index (χ0n) is 15.4. The zero-order chi connectivity index (χ0) is 18.9. The van der Waals surface area contributed by atoms with Gasteiger partial charge in [-0.3, -0.25) is 0 Å². The average molecular weight is 373 g/mol. The van der Waals surface area contributed by atoms with Crippen LogP contribution in [0.3, 0.4) is 0 Å². The van der Waals surface area contributed by atoms with Crippen molar-refractivity contribution >= 4 is 11.0 Å². The largest absolute Gasteiger partial charge is 0.493 e. The number of benzene rings is 2. The predicted octanol–water partition coefficient (Wildman–Crippen LogP) is 3.92. The first kappa shape index (κ1) is 16.6. The van der Waals surface area contributed by atoms with Crippen LogP contribution >= 0.6 is 0 Å². The van der Waals surface area contributed by atoms with Crippen molar-refractivity contribution in [3.8, 4) is 28.6 Å². The molecule has 1 aliphatic carbocycles. The van der Waals surface area contributed by atoms with Gasteiger partial charge in [0, 0.05) is 5.56 Å². The van der Waals surface area contributed by atoms with Crippen LogP contribution in [-0.2, 0) is 0 Å². The summed E-state index contributed by atoms with van der Waals surface area (Å²) in [7, 11) is 1.65. The van der Waals surface area contributed by atoms with Gasteiger partial charge < -0.3 is 14.5 Å². The molecule has 0 spiro atoms. The number of imidazole rings is 1. The molecule has 5 rings (SSSR count). The van der Waals surface area contributed by atoms with Gasteiger partial charge in [0.25, 0.3) is 0 Å². The normalized spacial score (nSPS) is 16.0. The second-order valence-electron chi connectivity index (χ2n) is 6.65. The second kappa shape index (κ2) is 6.84. The Bertz CT molecular complexity index is 1150. The molecule has 2 aromatic heterocycles. The van der Waals surface area contributed by atoms with Gasteiger partial charge in [-0.15, -0.1) is 0 Å². The third kappa shape index (κ3) is 3.00. The Kier molecular flexibility index (Phi) is 4.05. The van der Waals surface area contributed by atoms with E-state index in [1.807, 2.05) is 36.4 Å². The number of nitrogens with zero attached hydrogens (tertiary/aromatic N) is 4. The first-order valence-corrected chi connectivity index (χ1v) is 9.17. The lowest BCUT2D eigenvalue weighted by atomic mass is 10.2. The summed E-state index contributed by atoms with van der Waals surface area (Å²) in [6, 6.07) is 11.8. The molecule has 0 amide bonds. The number of H-pyrrole nitrogens is 1. The van der Waals surface area contributed by atoms with Crippen molar-refractivity contribution in [1.29, 1.82) is 0 Å². The van der Waals surface area contributed by atoms with Crippen LogP contribution in [-0.4, -0.2) is 37.9 Å². The molecule has 0 saturated carbocycles. The van der Waals surface area contributed by atoms with Crippen molar-refractivity contribution in [3.05, 3.63) is 61.2 Å². The Balaban J connectivity index is 1.51. The first-order chi connectivity index (χ1) is 13.8. The maximum absolute atomic E-state index is 6.13. The predicted molar refractivity (Wildman–Crippen MR) is 106 cm³/mol. The van der Waals surface area contributed by atoms with E-state index in [1.54, 1.807) is 18.1 Å². The minimum atomic E-state index is 0.0880. The van der Waals surface area contributed by atoms with Crippen molar-refractivity contribution in [2.24, 2.45) is 0 Å². The van der Waals surface area contributed by atoms with E-state index in [0.717, 1.165) is 46.7 Å². The molecule has 1 unspecified atom stereocenters. The van der Waals surface area contributed by atoms with E-state index in [1.165, 1.54) is 6.33 Å². The van der Waals surface area contributed by atoms with E-state index in [-0.39, 0.29) is 6.10 Å². The van der Waals surface area contributed by atoms with Gasteiger partial charge in [0.1, 0.15) is 24.6 Å². The minimum absolute atomic E-state index is 0.0880. The van der Waals surface area contributed by atoms with Crippen molar-refractivity contribution in [2.45, 2.75) is 18.9 Å². The summed E-state index contributed by atoms with van der Waals surface area (Å²) in [5, 5.41) is 4.17. The molecule has 0 fully saturated rings. The smallest absolute Gasteiger partial charge is 0.162 e. The highest BCUT2D eigenvalue weighted by Crippen LogP contribution is 2.34. The lowest BCUT2D eigenvalue weighted by Gasteiger charge is -2.15. The van der Waals surface area contributed by atoms with E-state index in [9.17, 15) is 0 Å². The maximum Gasteiger partial charge on any atom is 0.162 e. The monoisotopic (exact) mass is 373 g/mol. The molecule has 4 aromatic rings. The summed E-state index contributed by atoms with van der Waals surface area (Å²) >= 11 is 0. The molecular weight excluding hydrogens is 354 g/mol. The molecule has 0 aliphatic heterocycles. The molecule has 28 heavy (non-hydrogen) atoms. The number of methoxy groups -OCH3 is 1. The van der Waals surface area contributed by atoms with Gasteiger partial charge >= 0.3 is 0 Å². The SMILES string of the molecule is COc1ccc(-c2nc3ccc(-n4cncn4)cc3[nH]2)cc1OC1C=CCC1. The van der Waals surface area contributed by atoms with Crippen LogP contribution in [0.4, 0.5) is 0 Å². The van der Waals surface area contributed by atoms with Gasteiger partial charge in [0.05, 0.1) is 23.8 Å². The molecule has 1 N–H and O–H groups in total. The molecule has 7 heteroatoms. The molecule has 0 bridgehead atoms. The number of aromatic amines is 1. The van der Waals surface area contributed by atoms with Gasteiger partial charge in [0.2, 0.25) is 0 Å². The van der Waals surface area contributed by atoms with Crippen LogP contribution in [0.1, 0.15) is 12.8 Å². The number of fused-ring (bicyclic) bond motifs is 1. The van der Waals surface area contributed by atoms with E-state index in [0.29, 0.717) is 5.75 Å². The van der Waals surface area contributed by atoms with Gasteiger partial charge in [-0.05, 0) is 55.3 Å². The van der Waals surface area contributed by atoms with Crippen LogP contribution in [0.5, 0.6) is 11.5 Å². The molecule has 0 radical (unpaired) electrons. The summed E-state index contributed by atoms with van der Waals surface area (Å²) in [6.07, 6.45) is 9.55. The Hall–Kier alpha value is -3.61. The fraction of sp³-hybridized carbons (Fsp3) is 0.190. The maximum atomic E-state index is 6.13. The van der Waals surface area contributed by atoms with Crippen LogP contribution in [0.2, 0.25) is 0 Å². The van der Waals surface area contributed by atoms with Crippen molar-refractivity contribution in [3.63, 3.8) is 0 Å². The number of allylic oxidation sites excluding steroid dienone is 1. The molecule has 1 aliphatic rings. The molecule has 0 saturated heterocycles. The summed E-state index contributed by atoms with van der Waals surface area (Å²) in [5.41, 5.74) is 3.68. The van der Waals surface area contributed by atoms with Crippen LogP contribution in [0.25, 0.3) is 28.1 Å². The van der Waals surface area contributed by atoms with Gasteiger partial charge in [-0.25, -0.2) is 14.6 Å². The Morgan fingerprint density at radius 2 is 2.11 bits per heavy atom. The number of nitrogens with one attached hydrogen (secondary N) is 1. The first-order valence-electron chi connectivity index (χ1n) is 9.17. The number of aromatic nitrogens is 5. The highest BCUT2D eigenvalue weighted by molar-refractivity contribution is 5.81. The third-order valence-electron chi connectivity index (χ3n) is 4.83. The van der Waals surface area contributed by atoms with Gasteiger partial charge in [0.15, 0.2) is 11.5 Å². The Morgan fingerprint density at radius 3 is 2.89 bits per heavy atom. The molecule has 140 valence electrons. The number of rotatable bonds is 5. The van der Waals surface area contributed by atoms with E-state index in [2.05, 4.69) is 27.2 Å². The highest BCUT2D eigenvalue weighted by Gasteiger charge is 2.16. The van der Waals surface area contributed by atoms with E-state index >= 15 is 0 Å². The standard InChI is InChI=1S/C21H19N5O2/c1-27-19-9-6-14(10-20(19)28-16-4-2-3-5-16)21-24-17-8-7-15(11-18(17)25-21)26-13-22-12-23-26/h2,4,6-13,16H,3,5H2,1H3,(H,24,25). The molecular formula is C21H19N5O2. The molecule has 7 nitrogen and oxygen atoms in total. The highest BCUT2D eigenvalue weighted by atomic mass is 16.5. The van der Waals surface area contributed by atoms with Crippen LogP contribution in [0.15, 0.2) is 61.2 Å². The van der Waals surface area contributed by atoms with Crippen LogP contribution in [0, 0.1) is 0 Å².